The molecule has 0 bridgehead atoms. The second kappa shape index (κ2) is 11.0. The smallest absolute Gasteiger partial charge is 0.262 e. The van der Waals surface area contributed by atoms with Crippen LogP contribution in [0.15, 0.2) is 78.4 Å². The average Bonchev–Trinajstić information content (AvgIpc) is 2.88. The summed E-state index contributed by atoms with van der Waals surface area (Å²) in [5, 5.41) is 9.60. The molecule has 0 saturated carbocycles. The van der Waals surface area contributed by atoms with Crippen LogP contribution in [-0.4, -0.2) is 30.5 Å². The number of thiocarbonyl (C=S) groups is 1. The van der Waals surface area contributed by atoms with Crippen molar-refractivity contribution in [2.24, 2.45) is 0 Å². The van der Waals surface area contributed by atoms with Crippen LogP contribution in [0.25, 0.3) is 5.70 Å². The van der Waals surface area contributed by atoms with E-state index < -0.39 is 6.04 Å². The second-order valence-corrected chi connectivity index (χ2v) is 8.71. The minimum atomic E-state index is -0.487. The fraction of sp³-hybridized carbons (Fsp3) is 0.179. The highest BCUT2D eigenvalue weighted by Crippen LogP contribution is 2.36. The molecule has 0 fully saturated rings. The molecule has 3 aromatic carbocycles. The first-order valence-corrected chi connectivity index (χ1v) is 11.8. The summed E-state index contributed by atoms with van der Waals surface area (Å²) in [7, 11) is 1.52. The highest BCUT2D eigenvalue weighted by atomic mass is 32.1. The third kappa shape index (κ3) is 5.55. The second-order valence-electron chi connectivity index (χ2n) is 8.30. The highest BCUT2D eigenvalue weighted by molar-refractivity contribution is 7.80. The Kier molecular flexibility index (Phi) is 7.65. The van der Waals surface area contributed by atoms with Gasteiger partial charge < -0.3 is 25.4 Å². The first-order chi connectivity index (χ1) is 17.4. The van der Waals surface area contributed by atoms with E-state index in [1.165, 1.54) is 14.0 Å². The minimum Gasteiger partial charge on any atom is -0.493 e. The average molecular weight is 502 g/mol. The summed E-state index contributed by atoms with van der Waals surface area (Å²) in [6.07, 6.45) is 0. The molecule has 4 rings (SSSR count). The van der Waals surface area contributed by atoms with Crippen LogP contribution >= 0.6 is 12.2 Å². The Hall–Kier alpha value is -4.17. The van der Waals surface area contributed by atoms with E-state index in [0.29, 0.717) is 27.9 Å². The normalized spacial score (nSPS) is 15.0. The molecular formula is C28H27N3O4S. The first-order valence-electron chi connectivity index (χ1n) is 11.4. The Bertz CT molecular complexity index is 1340. The molecule has 0 spiro atoms. The number of methoxy groups -OCH3 is 1. The van der Waals surface area contributed by atoms with Gasteiger partial charge in [-0.05, 0) is 61.0 Å². The number of rotatable bonds is 8. The summed E-state index contributed by atoms with van der Waals surface area (Å²) in [5.74, 6) is 0.476. The number of ether oxygens (including phenoxy) is 2. The predicted octanol–water partition coefficient (Wildman–Crippen LogP) is 4.54. The van der Waals surface area contributed by atoms with Crippen LogP contribution in [0.1, 0.15) is 29.7 Å². The fourth-order valence-corrected chi connectivity index (χ4v) is 4.27. The van der Waals surface area contributed by atoms with E-state index in [0.717, 1.165) is 22.4 Å². The molecule has 0 unspecified atom stereocenters. The van der Waals surface area contributed by atoms with Gasteiger partial charge in [0.2, 0.25) is 0 Å². The standard InChI is InChI=1S/C28H27N3O4S/c1-17-9-7-8-12-21(17)29-24(33)16-35-22-14-13-20(15-23(22)34-3)27-25(18(2)32)26(30-28(36)31-27)19-10-5-4-6-11-19/h4-15,27H,16H2,1-3H3,(H,29,33)(H2,30,31,36)/t27-/m0/s1. The van der Waals surface area contributed by atoms with E-state index >= 15 is 0 Å². The Labute approximate surface area is 215 Å². The van der Waals surface area contributed by atoms with Crippen molar-refractivity contribution in [1.82, 2.24) is 10.6 Å². The molecule has 1 aliphatic heterocycles. The molecule has 7 nitrogen and oxygen atoms in total. The van der Waals surface area contributed by atoms with Crippen LogP contribution in [-0.2, 0) is 9.59 Å². The molecule has 184 valence electrons. The van der Waals surface area contributed by atoms with Crippen LogP contribution in [0.3, 0.4) is 0 Å². The van der Waals surface area contributed by atoms with Crippen molar-refractivity contribution >= 4 is 40.4 Å². The number of carbonyl (C=O) groups excluding carboxylic acids is 2. The molecule has 3 N–H and O–H groups in total. The lowest BCUT2D eigenvalue weighted by Gasteiger charge is -2.31. The monoisotopic (exact) mass is 501 g/mol. The number of para-hydroxylation sites is 1. The summed E-state index contributed by atoms with van der Waals surface area (Å²) in [5.41, 5.74) is 4.56. The van der Waals surface area contributed by atoms with E-state index in [4.69, 9.17) is 21.7 Å². The lowest BCUT2D eigenvalue weighted by atomic mass is 9.90. The molecule has 8 heteroatoms. The van der Waals surface area contributed by atoms with Crippen molar-refractivity contribution in [3.63, 3.8) is 0 Å². The SMILES string of the molecule is COc1cc([C@@H]2NC(=S)NC(c3ccccc3)=C2C(C)=O)ccc1OCC(=O)Nc1ccccc1C. The number of amides is 1. The largest absolute Gasteiger partial charge is 0.493 e. The van der Waals surface area contributed by atoms with Crippen molar-refractivity contribution in [3.05, 3.63) is 95.1 Å². The van der Waals surface area contributed by atoms with Gasteiger partial charge in [-0.2, -0.15) is 0 Å². The van der Waals surface area contributed by atoms with Crippen LogP contribution in [0.4, 0.5) is 5.69 Å². The fourth-order valence-electron chi connectivity index (χ4n) is 4.05. The summed E-state index contributed by atoms with van der Waals surface area (Å²) >= 11 is 5.45. The predicted molar refractivity (Wildman–Crippen MR) is 144 cm³/mol. The zero-order chi connectivity index (χ0) is 25.7. The number of carbonyl (C=O) groups is 2. The maximum atomic E-state index is 12.8. The molecule has 0 aliphatic carbocycles. The zero-order valence-corrected chi connectivity index (χ0v) is 21.1. The van der Waals surface area contributed by atoms with E-state index in [9.17, 15) is 9.59 Å². The van der Waals surface area contributed by atoms with Gasteiger partial charge in [-0.1, -0.05) is 54.6 Å². The molecule has 0 saturated heterocycles. The number of anilines is 1. The van der Waals surface area contributed by atoms with E-state index in [1.54, 1.807) is 12.1 Å². The lowest BCUT2D eigenvalue weighted by Crippen LogP contribution is -2.44. The Morgan fingerprint density at radius 3 is 2.42 bits per heavy atom. The number of hydrogen-bond donors (Lipinski definition) is 3. The van der Waals surface area contributed by atoms with Gasteiger partial charge in [-0.15, -0.1) is 0 Å². The van der Waals surface area contributed by atoms with Gasteiger partial charge >= 0.3 is 0 Å². The lowest BCUT2D eigenvalue weighted by molar-refractivity contribution is -0.118. The van der Waals surface area contributed by atoms with Crippen molar-refractivity contribution in [1.29, 1.82) is 0 Å². The van der Waals surface area contributed by atoms with Crippen LogP contribution in [0.2, 0.25) is 0 Å². The third-order valence-corrected chi connectivity index (χ3v) is 6.03. The Morgan fingerprint density at radius 2 is 1.72 bits per heavy atom. The summed E-state index contributed by atoms with van der Waals surface area (Å²) in [6.45, 7) is 3.27. The van der Waals surface area contributed by atoms with Crippen molar-refractivity contribution < 1.29 is 19.1 Å². The molecule has 36 heavy (non-hydrogen) atoms. The topological polar surface area (TPSA) is 88.7 Å². The number of aryl methyl sites for hydroxylation is 1. The molecule has 0 radical (unpaired) electrons. The van der Waals surface area contributed by atoms with Crippen LogP contribution in [0, 0.1) is 6.92 Å². The van der Waals surface area contributed by atoms with Gasteiger partial charge in [0.15, 0.2) is 29.0 Å². The van der Waals surface area contributed by atoms with Crippen molar-refractivity contribution in [3.8, 4) is 11.5 Å². The maximum absolute atomic E-state index is 12.8. The molecule has 1 amide bonds. The number of Topliss-reactive ketones (excluding diaryl/α,β-unsaturated/α-hetero) is 1. The maximum Gasteiger partial charge on any atom is 0.262 e. The van der Waals surface area contributed by atoms with Gasteiger partial charge in [0.1, 0.15) is 0 Å². The van der Waals surface area contributed by atoms with Gasteiger partial charge in [0.05, 0.1) is 18.8 Å². The summed E-state index contributed by atoms with van der Waals surface area (Å²) < 4.78 is 11.3. The molecule has 0 aromatic heterocycles. The molecule has 1 aliphatic rings. The number of hydrogen-bond acceptors (Lipinski definition) is 5. The third-order valence-electron chi connectivity index (χ3n) is 5.81. The van der Waals surface area contributed by atoms with Gasteiger partial charge in [-0.3, -0.25) is 9.59 Å². The number of nitrogens with one attached hydrogen (secondary N) is 3. The van der Waals surface area contributed by atoms with Gasteiger partial charge in [0.25, 0.3) is 5.91 Å². The Morgan fingerprint density at radius 1 is 1.00 bits per heavy atom. The number of ketones is 1. The van der Waals surface area contributed by atoms with Crippen molar-refractivity contribution in [2.45, 2.75) is 19.9 Å². The first kappa shape index (κ1) is 24.9. The highest BCUT2D eigenvalue weighted by Gasteiger charge is 2.30. The van der Waals surface area contributed by atoms with Crippen LogP contribution in [0.5, 0.6) is 11.5 Å². The quantitative estimate of drug-likeness (QED) is 0.391. The Balaban J connectivity index is 1.58. The van der Waals surface area contributed by atoms with Gasteiger partial charge in [0, 0.05) is 11.3 Å². The zero-order valence-electron chi connectivity index (χ0n) is 20.3. The summed E-state index contributed by atoms with van der Waals surface area (Å²) in [6, 6.07) is 22.0. The molecular weight excluding hydrogens is 474 g/mol. The van der Waals surface area contributed by atoms with E-state index in [-0.39, 0.29) is 18.3 Å². The minimum absolute atomic E-state index is 0.0893. The number of benzene rings is 3. The summed E-state index contributed by atoms with van der Waals surface area (Å²) in [4.78, 5) is 25.2. The van der Waals surface area contributed by atoms with Crippen molar-refractivity contribution in [2.75, 3.05) is 19.0 Å². The molecule has 1 heterocycles. The van der Waals surface area contributed by atoms with Gasteiger partial charge in [-0.25, -0.2) is 0 Å². The van der Waals surface area contributed by atoms with E-state index in [1.807, 2.05) is 67.6 Å². The molecule has 3 aromatic rings. The van der Waals surface area contributed by atoms with Crippen LogP contribution < -0.4 is 25.4 Å². The van der Waals surface area contributed by atoms with E-state index in [2.05, 4.69) is 16.0 Å². The molecule has 1 atom stereocenters.